The van der Waals surface area contributed by atoms with E-state index in [-0.39, 0.29) is 17.3 Å². The van der Waals surface area contributed by atoms with Crippen molar-refractivity contribution >= 4 is 27.7 Å². The molecule has 0 unspecified atom stereocenters. The number of aromatic nitrogens is 3. The number of hydrogen-bond acceptors (Lipinski definition) is 6. The highest BCUT2D eigenvalue weighted by molar-refractivity contribution is 7.99. The number of amides is 1. The number of H-pyrrole nitrogens is 1. The molecule has 0 saturated carbocycles. The van der Waals surface area contributed by atoms with E-state index in [2.05, 4.69) is 20.5 Å². The van der Waals surface area contributed by atoms with Crippen molar-refractivity contribution in [2.75, 3.05) is 25.4 Å². The SMILES string of the molecule is O=C(NCCSc1n[nH]c(-c2ccccc2)n1)[C@@H]1CCCN(S(=O)(=O)c2ccc(F)cc2)C1. The lowest BCUT2D eigenvalue weighted by Crippen LogP contribution is -2.45. The van der Waals surface area contributed by atoms with E-state index in [4.69, 9.17) is 0 Å². The molecule has 1 fully saturated rings. The number of nitrogens with one attached hydrogen (secondary N) is 2. The molecule has 11 heteroatoms. The van der Waals surface area contributed by atoms with Gasteiger partial charge in [-0.15, -0.1) is 5.10 Å². The third-order valence-electron chi connectivity index (χ3n) is 5.35. The normalized spacial score (nSPS) is 17.1. The molecule has 0 radical (unpaired) electrons. The van der Waals surface area contributed by atoms with Gasteiger partial charge in [0.1, 0.15) is 5.82 Å². The van der Waals surface area contributed by atoms with Gasteiger partial charge in [0.2, 0.25) is 21.1 Å². The van der Waals surface area contributed by atoms with Gasteiger partial charge in [-0.05, 0) is 37.1 Å². The molecule has 1 aliphatic rings. The van der Waals surface area contributed by atoms with Crippen molar-refractivity contribution < 1.29 is 17.6 Å². The van der Waals surface area contributed by atoms with E-state index >= 15 is 0 Å². The molecule has 2 N–H and O–H groups in total. The Balaban J connectivity index is 1.26. The van der Waals surface area contributed by atoms with E-state index in [1.165, 1.54) is 28.2 Å². The Morgan fingerprint density at radius 3 is 2.70 bits per heavy atom. The maximum atomic E-state index is 13.1. The number of rotatable bonds is 8. The van der Waals surface area contributed by atoms with Crippen molar-refractivity contribution in [1.82, 2.24) is 24.8 Å². The third-order valence-corrected chi connectivity index (χ3v) is 8.08. The summed E-state index contributed by atoms with van der Waals surface area (Å²) in [5, 5.41) is 10.6. The smallest absolute Gasteiger partial charge is 0.243 e. The lowest BCUT2D eigenvalue weighted by Gasteiger charge is -2.31. The van der Waals surface area contributed by atoms with E-state index in [9.17, 15) is 17.6 Å². The van der Waals surface area contributed by atoms with Gasteiger partial charge in [0.15, 0.2) is 5.82 Å². The molecule has 1 aliphatic heterocycles. The highest BCUT2D eigenvalue weighted by Gasteiger charge is 2.33. The van der Waals surface area contributed by atoms with Gasteiger partial charge in [-0.3, -0.25) is 9.89 Å². The molecule has 1 amide bonds. The molecule has 0 spiro atoms. The molecule has 1 aromatic heterocycles. The van der Waals surface area contributed by atoms with Gasteiger partial charge in [0.25, 0.3) is 0 Å². The number of carbonyl (C=O) groups excluding carboxylic acids is 1. The molecule has 3 aromatic rings. The monoisotopic (exact) mass is 489 g/mol. The van der Waals surface area contributed by atoms with Crippen LogP contribution in [0.5, 0.6) is 0 Å². The number of thioether (sulfide) groups is 1. The fourth-order valence-corrected chi connectivity index (χ4v) is 5.80. The molecule has 1 atom stereocenters. The lowest BCUT2D eigenvalue weighted by molar-refractivity contribution is -0.125. The highest BCUT2D eigenvalue weighted by atomic mass is 32.2. The van der Waals surface area contributed by atoms with Gasteiger partial charge in [-0.2, -0.15) is 4.31 Å². The summed E-state index contributed by atoms with van der Waals surface area (Å²) < 4.78 is 40.1. The van der Waals surface area contributed by atoms with Crippen LogP contribution in [0.15, 0.2) is 64.6 Å². The lowest BCUT2D eigenvalue weighted by atomic mass is 9.99. The first-order valence-corrected chi connectivity index (χ1v) is 13.0. The Hall–Kier alpha value is -2.76. The number of benzene rings is 2. The highest BCUT2D eigenvalue weighted by Crippen LogP contribution is 2.24. The number of halogens is 1. The predicted molar refractivity (Wildman–Crippen MR) is 123 cm³/mol. The Labute approximate surface area is 196 Å². The predicted octanol–water partition coefficient (Wildman–Crippen LogP) is 2.92. The van der Waals surface area contributed by atoms with E-state index in [1.807, 2.05) is 30.3 Å². The molecule has 4 rings (SSSR count). The van der Waals surface area contributed by atoms with Crippen LogP contribution in [0.4, 0.5) is 4.39 Å². The summed E-state index contributed by atoms with van der Waals surface area (Å²) >= 11 is 1.42. The van der Waals surface area contributed by atoms with Gasteiger partial charge >= 0.3 is 0 Å². The Kier molecular flexibility index (Phi) is 7.41. The summed E-state index contributed by atoms with van der Waals surface area (Å²) in [4.78, 5) is 17.1. The average molecular weight is 490 g/mol. The largest absolute Gasteiger partial charge is 0.355 e. The summed E-state index contributed by atoms with van der Waals surface area (Å²) in [7, 11) is -3.76. The molecular formula is C22H24FN5O3S2. The number of sulfonamides is 1. The van der Waals surface area contributed by atoms with Crippen LogP contribution in [0.3, 0.4) is 0 Å². The minimum Gasteiger partial charge on any atom is -0.355 e. The van der Waals surface area contributed by atoms with E-state index in [0.29, 0.717) is 42.7 Å². The maximum Gasteiger partial charge on any atom is 0.243 e. The molecule has 2 heterocycles. The molecule has 0 bridgehead atoms. The Morgan fingerprint density at radius 1 is 1.18 bits per heavy atom. The minimum atomic E-state index is -3.76. The second-order valence-electron chi connectivity index (χ2n) is 7.63. The summed E-state index contributed by atoms with van der Waals surface area (Å²) in [6.07, 6.45) is 1.21. The third kappa shape index (κ3) is 5.79. The second-order valence-corrected chi connectivity index (χ2v) is 10.6. The fourth-order valence-electron chi connectivity index (χ4n) is 3.63. The number of aromatic amines is 1. The van der Waals surface area contributed by atoms with Crippen molar-refractivity contribution in [3.05, 3.63) is 60.4 Å². The summed E-state index contributed by atoms with van der Waals surface area (Å²) in [5.41, 5.74) is 0.947. The molecule has 174 valence electrons. The van der Waals surface area contributed by atoms with Crippen molar-refractivity contribution in [1.29, 1.82) is 0 Å². The van der Waals surface area contributed by atoms with Crippen LogP contribution < -0.4 is 5.32 Å². The van der Waals surface area contributed by atoms with Crippen LogP contribution >= 0.6 is 11.8 Å². The first-order valence-electron chi connectivity index (χ1n) is 10.6. The standard InChI is InChI=1S/C22H24FN5O3S2/c23-18-8-10-19(11-9-18)33(30,31)28-13-4-7-17(15-28)21(29)24-12-14-32-22-25-20(26-27-22)16-5-2-1-3-6-16/h1-3,5-6,8-11,17H,4,7,12-15H2,(H,24,29)(H,25,26,27)/t17-/m1/s1. The zero-order valence-electron chi connectivity index (χ0n) is 17.8. The first-order chi connectivity index (χ1) is 15.9. The van der Waals surface area contributed by atoms with Gasteiger partial charge in [-0.1, -0.05) is 42.1 Å². The molecular weight excluding hydrogens is 465 g/mol. The van der Waals surface area contributed by atoms with Crippen LogP contribution in [-0.4, -0.2) is 59.2 Å². The molecule has 8 nitrogen and oxygen atoms in total. The summed E-state index contributed by atoms with van der Waals surface area (Å²) in [5.74, 6) is 0.180. The van der Waals surface area contributed by atoms with Crippen LogP contribution in [0.25, 0.3) is 11.4 Å². The molecule has 1 saturated heterocycles. The van der Waals surface area contributed by atoms with Crippen molar-refractivity contribution in [3.63, 3.8) is 0 Å². The fraction of sp³-hybridized carbons (Fsp3) is 0.318. The molecule has 0 aliphatic carbocycles. The van der Waals surface area contributed by atoms with E-state index < -0.39 is 21.8 Å². The number of nitrogens with zero attached hydrogens (tertiary/aromatic N) is 3. The minimum absolute atomic E-state index is 0.0303. The molecule has 2 aromatic carbocycles. The van der Waals surface area contributed by atoms with Crippen molar-refractivity contribution in [2.24, 2.45) is 5.92 Å². The second kappa shape index (κ2) is 10.4. The van der Waals surface area contributed by atoms with Crippen molar-refractivity contribution in [2.45, 2.75) is 22.9 Å². The van der Waals surface area contributed by atoms with Crippen LogP contribution in [-0.2, 0) is 14.8 Å². The number of piperidine rings is 1. The topological polar surface area (TPSA) is 108 Å². The van der Waals surface area contributed by atoms with Gasteiger partial charge < -0.3 is 5.32 Å². The van der Waals surface area contributed by atoms with Crippen LogP contribution in [0, 0.1) is 11.7 Å². The number of carbonyl (C=O) groups is 1. The van der Waals surface area contributed by atoms with Gasteiger partial charge in [0, 0.05) is 31.0 Å². The number of hydrogen-bond donors (Lipinski definition) is 2. The van der Waals surface area contributed by atoms with Crippen LogP contribution in [0.1, 0.15) is 12.8 Å². The quantitative estimate of drug-likeness (QED) is 0.372. The van der Waals surface area contributed by atoms with Gasteiger partial charge in [0.05, 0.1) is 10.8 Å². The zero-order valence-corrected chi connectivity index (χ0v) is 19.4. The van der Waals surface area contributed by atoms with Crippen molar-refractivity contribution in [3.8, 4) is 11.4 Å². The first kappa shape index (κ1) is 23.4. The Morgan fingerprint density at radius 2 is 1.94 bits per heavy atom. The molecule has 33 heavy (non-hydrogen) atoms. The summed E-state index contributed by atoms with van der Waals surface area (Å²) in [6.45, 7) is 0.869. The average Bonchev–Trinajstić information content (AvgIpc) is 3.32. The van der Waals surface area contributed by atoms with Gasteiger partial charge in [-0.25, -0.2) is 17.8 Å². The maximum absolute atomic E-state index is 13.1. The summed E-state index contributed by atoms with van der Waals surface area (Å²) in [6, 6.07) is 14.4. The van der Waals surface area contributed by atoms with Crippen LogP contribution in [0.2, 0.25) is 0 Å². The Bertz CT molecular complexity index is 1190. The zero-order chi connectivity index (χ0) is 23.3. The van der Waals surface area contributed by atoms with E-state index in [0.717, 1.165) is 17.7 Å². The van der Waals surface area contributed by atoms with E-state index in [1.54, 1.807) is 0 Å².